The van der Waals surface area contributed by atoms with E-state index in [1.165, 1.54) is 11.3 Å². The van der Waals surface area contributed by atoms with Gasteiger partial charge in [0.15, 0.2) is 0 Å². The van der Waals surface area contributed by atoms with Crippen molar-refractivity contribution in [1.82, 2.24) is 0 Å². The van der Waals surface area contributed by atoms with Gasteiger partial charge in [0.05, 0.1) is 11.3 Å². The van der Waals surface area contributed by atoms with Crippen LogP contribution in [-0.2, 0) is 9.53 Å². The Labute approximate surface area is 91.7 Å². The highest BCUT2D eigenvalue weighted by Crippen LogP contribution is 2.49. The van der Waals surface area contributed by atoms with Crippen molar-refractivity contribution < 1.29 is 9.53 Å². The summed E-state index contributed by atoms with van der Waals surface area (Å²) in [5.41, 5.74) is 0. The lowest BCUT2D eigenvalue weighted by Gasteiger charge is -2.37. The Kier molecular flexibility index (Phi) is 2.83. The first kappa shape index (κ1) is 10.1. The van der Waals surface area contributed by atoms with E-state index in [1.807, 2.05) is 11.4 Å². The maximum Gasteiger partial charge on any atom is 0.322 e. The second kappa shape index (κ2) is 3.95. The number of esters is 1. The number of thiophene rings is 1. The highest BCUT2D eigenvalue weighted by molar-refractivity contribution is 8.03. The minimum atomic E-state index is -0.278. The summed E-state index contributed by atoms with van der Waals surface area (Å²) < 4.78 is 5.78. The number of ether oxygens (including phenoxy) is 1. The molecule has 1 aliphatic carbocycles. The number of methoxy groups -OCH3 is 1. The third-order valence-electron chi connectivity index (χ3n) is 2.51. The fourth-order valence-electron chi connectivity index (χ4n) is 1.55. The molecule has 0 unspecified atom stereocenters. The van der Waals surface area contributed by atoms with E-state index in [-0.39, 0.29) is 10.7 Å². The molecule has 0 radical (unpaired) electrons. The Hall–Kier alpha value is -0.480. The Morgan fingerprint density at radius 3 is 2.86 bits per heavy atom. The lowest BCUT2D eigenvalue weighted by atomic mass is 9.84. The van der Waals surface area contributed by atoms with Gasteiger partial charge in [0.25, 0.3) is 0 Å². The molecule has 0 aromatic carbocycles. The second-order valence-electron chi connectivity index (χ2n) is 3.37. The fourth-order valence-corrected chi connectivity index (χ4v) is 4.02. The van der Waals surface area contributed by atoms with Crippen LogP contribution in [0.1, 0.15) is 19.3 Å². The molecule has 1 aliphatic rings. The molecule has 1 fully saturated rings. The van der Waals surface area contributed by atoms with Crippen molar-refractivity contribution in [3.05, 3.63) is 17.5 Å². The van der Waals surface area contributed by atoms with Crippen LogP contribution in [-0.4, -0.2) is 17.8 Å². The van der Waals surface area contributed by atoms with Crippen LogP contribution >= 0.6 is 23.1 Å². The predicted octanol–water partition coefficient (Wildman–Crippen LogP) is 2.94. The van der Waals surface area contributed by atoms with E-state index in [1.54, 1.807) is 23.1 Å². The Morgan fingerprint density at radius 1 is 1.64 bits per heavy atom. The van der Waals surface area contributed by atoms with Gasteiger partial charge in [-0.05, 0) is 30.7 Å². The zero-order valence-corrected chi connectivity index (χ0v) is 9.62. The summed E-state index contributed by atoms with van der Waals surface area (Å²) in [6.45, 7) is 0. The van der Waals surface area contributed by atoms with Gasteiger partial charge in [-0.25, -0.2) is 0 Å². The first-order valence-electron chi connectivity index (χ1n) is 4.58. The molecular weight excluding hydrogens is 216 g/mol. The molecule has 1 heterocycles. The number of hydrogen-bond donors (Lipinski definition) is 0. The van der Waals surface area contributed by atoms with Gasteiger partial charge >= 0.3 is 5.97 Å². The first-order chi connectivity index (χ1) is 6.77. The number of carbonyl (C=O) groups is 1. The van der Waals surface area contributed by atoms with Crippen LogP contribution in [0.2, 0.25) is 0 Å². The molecule has 0 spiro atoms. The molecule has 0 aliphatic heterocycles. The molecule has 0 amide bonds. The van der Waals surface area contributed by atoms with Gasteiger partial charge in [0, 0.05) is 0 Å². The molecule has 2 rings (SSSR count). The molecule has 2 nitrogen and oxygen atoms in total. The van der Waals surface area contributed by atoms with E-state index < -0.39 is 0 Å². The molecule has 0 N–H and O–H groups in total. The van der Waals surface area contributed by atoms with Crippen molar-refractivity contribution in [1.29, 1.82) is 0 Å². The van der Waals surface area contributed by atoms with Gasteiger partial charge in [-0.1, -0.05) is 17.8 Å². The normalized spacial score (nSPS) is 18.6. The summed E-state index contributed by atoms with van der Waals surface area (Å²) in [5.74, 6) is -0.0675. The Morgan fingerprint density at radius 2 is 2.43 bits per heavy atom. The fraction of sp³-hybridized carbons (Fsp3) is 0.500. The molecular formula is C10H12O2S2. The van der Waals surface area contributed by atoms with Crippen LogP contribution < -0.4 is 0 Å². The van der Waals surface area contributed by atoms with Crippen molar-refractivity contribution >= 4 is 29.1 Å². The molecule has 0 atom stereocenters. The molecule has 0 saturated heterocycles. The molecule has 0 bridgehead atoms. The molecule has 76 valence electrons. The highest BCUT2D eigenvalue weighted by atomic mass is 32.2. The lowest BCUT2D eigenvalue weighted by molar-refractivity contribution is -0.145. The third kappa shape index (κ3) is 1.68. The van der Waals surface area contributed by atoms with Gasteiger partial charge in [0.2, 0.25) is 0 Å². The largest absolute Gasteiger partial charge is 0.468 e. The quantitative estimate of drug-likeness (QED) is 0.744. The number of hydrogen-bond acceptors (Lipinski definition) is 4. The van der Waals surface area contributed by atoms with Crippen LogP contribution in [0.25, 0.3) is 0 Å². The monoisotopic (exact) mass is 228 g/mol. The summed E-state index contributed by atoms with van der Waals surface area (Å²) in [5, 5.41) is 2.03. The van der Waals surface area contributed by atoms with E-state index >= 15 is 0 Å². The zero-order chi connectivity index (χ0) is 10.0. The minimum Gasteiger partial charge on any atom is -0.468 e. The molecule has 14 heavy (non-hydrogen) atoms. The van der Waals surface area contributed by atoms with Crippen LogP contribution in [0.15, 0.2) is 21.7 Å². The molecule has 1 saturated carbocycles. The third-order valence-corrected chi connectivity index (χ3v) is 5.01. The topological polar surface area (TPSA) is 26.3 Å². The van der Waals surface area contributed by atoms with Gasteiger partial charge in [-0.3, -0.25) is 4.79 Å². The average molecular weight is 228 g/mol. The summed E-state index contributed by atoms with van der Waals surface area (Å²) >= 11 is 3.34. The van der Waals surface area contributed by atoms with Crippen molar-refractivity contribution in [2.45, 2.75) is 28.2 Å². The van der Waals surface area contributed by atoms with E-state index in [4.69, 9.17) is 4.74 Å². The SMILES string of the molecule is COC(=O)C1(Sc2cccs2)CCC1. The number of thioether (sulfide) groups is 1. The summed E-state index contributed by atoms with van der Waals surface area (Å²) in [7, 11) is 1.47. The Balaban J connectivity index is 2.10. The van der Waals surface area contributed by atoms with Crippen molar-refractivity contribution in [2.75, 3.05) is 7.11 Å². The van der Waals surface area contributed by atoms with E-state index in [9.17, 15) is 4.79 Å². The van der Waals surface area contributed by atoms with Crippen LogP contribution in [0.5, 0.6) is 0 Å². The van der Waals surface area contributed by atoms with Crippen LogP contribution in [0.4, 0.5) is 0 Å². The number of carbonyl (C=O) groups excluding carboxylic acids is 1. The van der Waals surface area contributed by atoms with Crippen molar-refractivity contribution in [3.8, 4) is 0 Å². The van der Waals surface area contributed by atoms with E-state index in [0.29, 0.717) is 0 Å². The maximum absolute atomic E-state index is 11.6. The van der Waals surface area contributed by atoms with Crippen LogP contribution in [0, 0.1) is 0 Å². The zero-order valence-electron chi connectivity index (χ0n) is 7.99. The van der Waals surface area contributed by atoms with Crippen LogP contribution in [0.3, 0.4) is 0 Å². The molecule has 1 aromatic heterocycles. The maximum atomic E-state index is 11.6. The second-order valence-corrected chi connectivity index (χ2v) is 6.01. The van der Waals surface area contributed by atoms with Gasteiger partial charge < -0.3 is 4.74 Å². The van der Waals surface area contributed by atoms with E-state index in [0.717, 1.165) is 19.3 Å². The molecule has 4 heteroatoms. The Bertz CT molecular complexity index is 315. The summed E-state index contributed by atoms with van der Waals surface area (Å²) in [4.78, 5) is 11.6. The highest BCUT2D eigenvalue weighted by Gasteiger charge is 2.46. The van der Waals surface area contributed by atoms with Crippen molar-refractivity contribution in [2.24, 2.45) is 0 Å². The minimum absolute atomic E-state index is 0.0675. The average Bonchev–Trinajstić information content (AvgIpc) is 2.62. The van der Waals surface area contributed by atoms with Gasteiger partial charge in [-0.15, -0.1) is 11.3 Å². The van der Waals surface area contributed by atoms with Gasteiger partial charge in [0.1, 0.15) is 4.75 Å². The summed E-state index contributed by atoms with van der Waals surface area (Å²) in [6, 6.07) is 4.06. The summed E-state index contributed by atoms with van der Waals surface area (Å²) in [6.07, 6.45) is 3.03. The smallest absolute Gasteiger partial charge is 0.322 e. The number of rotatable bonds is 3. The van der Waals surface area contributed by atoms with Crippen molar-refractivity contribution in [3.63, 3.8) is 0 Å². The first-order valence-corrected chi connectivity index (χ1v) is 6.27. The molecule has 1 aromatic rings. The lowest BCUT2D eigenvalue weighted by Crippen LogP contribution is -2.42. The van der Waals surface area contributed by atoms with Gasteiger partial charge in [-0.2, -0.15) is 0 Å². The van der Waals surface area contributed by atoms with E-state index in [2.05, 4.69) is 6.07 Å². The standard InChI is InChI=1S/C10H12O2S2/c1-12-9(11)10(5-3-6-10)14-8-4-2-7-13-8/h2,4,7H,3,5-6H2,1H3. The predicted molar refractivity (Wildman–Crippen MR) is 58.8 cm³/mol.